The van der Waals surface area contributed by atoms with Crippen molar-refractivity contribution in [3.8, 4) is 11.8 Å². The molecular weight excluding hydrogens is 220 g/mol. The van der Waals surface area contributed by atoms with Crippen molar-refractivity contribution < 1.29 is 18.3 Å². The number of nitrogens with two attached hydrogens (primary N) is 1. The Morgan fingerprint density at radius 3 is 2.69 bits per heavy atom. The highest BCUT2D eigenvalue weighted by atomic mass is 19.3. The lowest BCUT2D eigenvalue weighted by Crippen LogP contribution is -2.15. The Morgan fingerprint density at radius 1 is 1.69 bits per heavy atom. The number of hydrogen-bond acceptors (Lipinski definition) is 4. The van der Waals surface area contributed by atoms with Crippen LogP contribution in [0.4, 0.5) is 8.78 Å². The van der Waals surface area contributed by atoms with Crippen LogP contribution in [0.1, 0.15) is 28.2 Å². The zero-order chi connectivity index (χ0) is 12.3. The molecule has 0 unspecified atom stereocenters. The van der Waals surface area contributed by atoms with Crippen LogP contribution < -0.4 is 10.5 Å². The van der Waals surface area contributed by atoms with Gasteiger partial charge in [0.15, 0.2) is 11.4 Å². The number of halogens is 2. The third kappa shape index (κ3) is 2.06. The molecule has 0 aliphatic carbocycles. The maximum Gasteiger partial charge on any atom is 0.284 e. The molecule has 1 amide bonds. The highest BCUT2D eigenvalue weighted by Crippen LogP contribution is 2.30. The number of methoxy groups -OCH3 is 1. The van der Waals surface area contributed by atoms with Gasteiger partial charge in [-0.25, -0.2) is 13.8 Å². The highest BCUT2D eigenvalue weighted by molar-refractivity contribution is 5.91. The molecule has 0 saturated carbocycles. The number of carbonyl (C=O) groups excluding carboxylic acids is 1. The monoisotopic (exact) mass is 227 g/mol. The molecule has 0 bridgehead atoms. The Labute approximate surface area is 89.4 Å². The van der Waals surface area contributed by atoms with Crippen LogP contribution in [-0.4, -0.2) is 18.0 Å². The van der Waals surface area contributed by atoms with E-state index in [9.17, 15) is 13.6 Å². The fraction of sp³-hybridized carbons (Fsp3) is 0.222. The first kappa shape index (κ1) is 11.8. The van der Waals surface area contributed by atoms with Gasteiger partial charge >= 0.3 is 0 Å². The van der Waals surface area contributed by atoms with Crippen LogP contribution in [0.25, 0.3) is 0 Å². The molecule has 0 aromatic carbocycles. The summed E-state index contributed by atoms with van der Waals surface area (Å²) in [6.07, 6.45) is -2.96. The van der Waals surface area contributed by atoms with E-state index in [1.807, 2.05) is 0 Å². The van der Waals surface area contributed by atoms with E-state index >= 15 is 0 Å². The quantitative estimate of drug-likeness (QED) is 0.834. The molecule has 0 fully saturated rings. The topological polar surface area (TPSA) is 89.0 Å². The summed E-state index contributed by atoms with van der Waals surface area (Å²) >= 11 is 0. The van der Waals surface area contributed by atoms with Crippen molar-refractivity contribution >= 4 is 5.91 Å². The van der Waals surface area contributed by atoms with E-state index in [-0.39, 0.29) is 11.3 Å². The van der Waals surface area contributed by atoms with Crippen molar-refractivity contribution in [1.29, 1.82) is 5.26 Å². The molecule has 0 aliphatic rings. The fourth-order valence-corrected chi connectivity index (χ4v) is 1.12. The van der Waals surface area contributed by atoms with E-state index in [1.54, 1.807) is 6.07 Å². The average Bonchev–Trinajstić information content (AvgIpc) is 2.26. The van der Waals surface area contributed by atoms with Gasteiger partial charge in [0.05, 0.1) is 12.7 Å². The van der Waals surface area contributed by atoms with Gasteiger partial charge in [0.1, 0.15) is 11.8 Å². The van der Waals surface area contributed by atoms with Crippen molar-refractivity contribution in [2.45, 2.75) is 6.43 Å². The molecule has 5 nitrogen and oxygen atoms in total. The number of nitrogens with zero attached hydrogens (tertiary/aromatic N) is 2. The van der Waals surface area contributed by atoms with E-state index in [4.69, 9.17) is 11.0 Å². The van der Waals surface area contributed by atoms with Gasteiger partial charge in [-0.15, -0.1) is 0 Å². The number of nitriles is 1. The second-order valence-electron chi connectivity index (χ2n) is 2.75. The number of ether oxygens (including phenoxy) is 1. The number of carbonyl (C=O) groups is 1. The van der Waals surface area contributed by atoms with Gasteiger partial charge in [0.25, 0.3) is 12.3 Å². The number of hydrogen-bond donors (Lipinski definition) is 1. The number of alkyl halides is 2. The third-order valence-electron chi connectivity index (χ3n) is 1.78. The maximum absolute atomic E-state index is 12.6. The molecule has 0 radical (unpaired) electrons. The van der Waals surface area contributed by atoms with Crippen molar-refractivity contribution in [1.82, 2.24) is 4.98 Å². The first-order chi connectivity index (χ1) is 7.51. The molecule has 0 saturated heterocycles. The van der Waals surface area contributed by atoms with Crippen LogP contribution in [-0.2, 0) is 0 Å². The molecule has 1 aromatic rings. The Bertz CT molecular complexity index is 469. The summed E-state index contributed by atoms with van der Waals surface area (Å²) < 4.78 is 29.8. The SMILES string of the molecule is COc1c(C#N)cc(C(N)=O)nc1C(F)F. The first-order valence-electron chi connectivity index (χ1n) is 4.08. The minimum absolute atomic E-state index is 0.207. The van der Waals surface area contributed by atoms with Crippen LogP contribution in [0.15, 0.2) is 6.07 Å². The van der Waals surface area contributed by atoms with Crippen LogP contribution in [0.3, 0.4) is 0 Å². The molecule has 7 heteroatoms. The zero-order valence-corrected chi connectivity index (χ0v) is 8.20. The van der Waals surface area contributed by atoms with Gasteiger partial charge in [0, 0.05) is 0 Å². The lowest BCUT2D eigenvalue weighted by molar-refractivity contribution is 0.0993. The Kier molecular flexibility index (Phi) is 3.35. The van der Waals surface area contributed by atoms with Gasteiger partial charge in [-0.1, -0.05) is 0 Å². The Morgan fingerprint density at radius 2 is 2.31 bits per heavy atom. The highest BCUT2D eigenvalue weighted by Gasteiger charge is 2.22. The zero-order valence-electron chi connectivity index (χ0n) is 8.20. The molecule has 84 valence electrons. The van der Waals surface area contributed by atoms with E-state index in [1.165, 1.54) is 0 Å². The molecular formula is C9H7F2N3O2. The van der Waals surface area contributed by atoms with E-state index in [0.29, 0.717) is 0 Å². The summed E-state index contributed by atoms with van der Waals surface area (Å²) in [5.41, 5.74) is 3.53. The number of primary amides is 1. The molecule has 0 atom stereocenters. The predicted molar refractivity (Wildman–Crippen MR) is 49.0 cm³/mol. The van der Waals surface area contributed by atoms with Crippen molar-refractivity contribution in [3.05, 3.63) is 23.0 Å². The van der Waals surface area contributed by atoms with E-state index in [0.717, 1.165) is 13.2 Å². The van der Waals surface area contributed by atoms with Crippen molar-refractivity contribution in [2.75, 3.05) is 7.11 Å². The minimum Gasteiger partial charge on any atom is -0.493 e. The van der Waals surface area contributed by atoms with Crippen LogP contribution in [0.2, 0.25) is 0 Å². The van der Waals surface area contributed by atoms with Gasteiger partial charge in [-0.05, 0) is 6.07 Å². The van der Waals surface area contributed by atoms with Crippen molar-refractivity contribution in [3.63, 3.8) is 0 Å². The number of amides is 1. The summed E-state index contributed by atoms with van der Waals surface area (Å²) in [6, 6.07) is 2.64. The second-order valence-corrected chi connectivity index (χ2v) is 2.75. The second kappa shape index (κ2) is 4.53. The lowest BCUT2D eigenvalue weighted by atomic mass is 10.1. The molecule has 0 spiro atoms. The lowest BCUT2D eigenvalue weighted by Gasteiger charge is -2.09. The van der Waals surface area contributed by atoms with E-state index in [2.05, 4.69) is 9.72 Å². The number of aromatic nitrogens is 1. The fourth-order valence-electron chi connectivity index (χ4n) is 1.12. The summed E-state index contributed by atoms with van der Waals surface area (Å²) in [6.45, 7) is 0. The van der Waals surface area contributed by atoms with Crippen LogP contribution in [0, 0.1) is 11.3 Å². The van der Waals surface area contributed by atoms with Gasteiger partial charge in [-0.3, -0.25) is 4.79 Å². The number of pyridine rings is 1. The summed E-state index contributed by atoms with van der Waals surface area (Å²) in [7, 11) is 1.13. The molecule has 0 aliphatic heterocycles. The molecule has 16 heavy (non-hydrogen) atoms. The molecule has 2 N–H and O–H groups in total. The predicted octanol–water partition coefficient (Wildman–Crippen LogP) is 0.998. The Hall–Kier alpha value is -2.23. The van der Waals surface area contributed by atoms with E-state index < -0.39 is 23.7 Å². The van der Waals surface area contributed by atoms with Crippen LogP contribution >= 0.6 is 0 Å². The first-order valence-corrected chi connectivity index (χ1v) is 4.08. The number of rotatable bonds is 3. The summed E-state index contributed by atoms with van der Waals surface area (Å²) in [4.78, 5) is 14.2. The standard InChI is InChI=1S/C9H7F2N3O2/c1-16-7-4(3-12)2-5(9(13)15)14-6(7)8(10)11/h2,8H,1H3,(H2,13,15). The minimum atomic E-state index is -2.96. The summed E-state index contributed by atoms with van der Waals surface area (Å²) in [5, 5.41) is 8.71. The third-order valence-corrected chi connectivity index (χ3v) is 1.78. The molecule has 1 rings (SSSR count). The maximum atomic E-state index is 12.6. The average molecular weight is 227 g/mol. The summed E-state index contributed by atoms with van der Waals surface area (Å²) in [5.74, 6) is -1.33. The normalized spacial score (nSPS) is 9.94. The van der Waals surface area contributed by atoms with Gasteiger partial charge < -0.3 is 10.5 Å². The van der Waals surface area contributed by atoms with Crippen molar-refractivity contribution in [2.24, 2.45) is 5.73 Å². The largest absolute Gasteiger partial charge is 0.493 e. The van der Waals surface area contributed by atoms with Crippen LogP contribution in [0.5, 0.6) is 5.75 Å². The Balaban J connectivity index is 3.51. The molecule has 1 aromatic heterocycles. The van der Waals surface area contributed by atoms with Gasteiger partial charge in [0.2, 0.25) is 0 Å². The molecule has 1 heterocycles. The smallest absolute Gasteiger partial charge is 0.284 e. The van der Waals surface area contributed by atoms with Gasteiger partial charge in [-0.2, -0.15) is 5.26 Å².